The van der Waals surface area contributed by atoms with Gasteiger partial charge in [0.05, 0.1) is 12.0 Å². The minimum Gasteiger partial charge on any atom is -0.481 e. The number of hydrogen-bond acceptors (Lipinski definition) is 4. The number of imidazole rings is 1. The quantitative estimate of drug-likeness (QED) is 0.851. The highest BCUT2D eigenvalue weighted by Crippen LogP contribution is 2.33. The fourth-order valence-corrected chi connectivity index (χ4v) is 2.30. The number of hydrogen-bond donors (Lipinski definition) is 1. The summed E-state index contributed by atoms with van der Waals surface area (Å²) in [5, 5.41) is 0. The van der Waals surface area contributed by atoms with Crippen molar-refractivity contribution in [2.45, 2.75) is 13.0 Å². The van der Waals surface area contributed by atoms with Gasteiger partial charge in [-0.1, -0.05) is 0 Å². The summed E-state index contributed by atoms with van der Waals surface area (Å²) >= 11 is 0. The highest BCUT2D eigenvalue weighted by Gasteiger charge is 2.24. The standard InChI is InChI=1S/C14H16N4O2/c15-11-2-3-12-13(8-11)20-9-14(19)18(12)6-1-5-17-7-4-16-10-17/h2-4,7-8,10H,1,5-6,9,15H2. The van der Waals surface area contributed by atoms with E-state index in [0.29, 0.717) is 18.0 Å². The molecule has 1 amide bonds. The SMILES string of the molecule is Nc1ccc2c(c1)OCC(=O)N2CCCn1ccnc1. The molecule has 2 aromatic rings. The van der Waals surface area contributed by atoms with Gasteiger partial charge in [-0.2, -0.15) is 0 Å². The number of carbonyl (C=O) groups is 1. The molecule has 0 spiro atoms. The molecule has 1 aromatic carbocycles. The molecule has 6 heteroatoms. The molecule has 0 atom stereocenters. The molecule has 0 radical (unpaired) electrons. The molecular weight excluding hydrogens is 256 g/mol. The van der Waals surface area contributed by atoms with Crippen molar-refractivity contribution >= 4 is 17.3 Å². The maximum Gasteiger partial charge on any atom is 0.265 e. The highest BCUT2D eigenvalue weighted by atomic mass is 16.5. The van der Waals surface area contributed by atoms with E-state index < -0.39 is 0 Å². The second-order valence-electron chi connectivity index (χ2n) is 4.72. The van der Waals surface area contributed by atoms with Crippen LogP contribution in [0.3, 0.4) is 0 Å². The van der Waals surface area contributed by atoms with E-state index in [0.717, 1.165) is 18.7 Å². The van der Waals surface area contributed by atoms with Crippen LogP contribution in [0.2, 0.25) is 0 Å². The fourth-order valence-electron chi connectivity index (χ4n) is 2.30. The van der Waals surface area contributed by atoms with Crippen molar-refractivity contribution in [1.82, 2.24) is 9.55 Å². The number of nitrogens with zero attached hydrogens (tertiary/aromatic N) is 3. The molecule has 2 heterocycles. The van der Waals surface area contributed by atoms with Gasteiger partial charge in [0, 0.05) is 37.2 Å². The second kappa shape index (κ2) is 5.24. The molecule has 3 rings (SSSR count). The summed E-state index contributed by atoms with van der Waals surface area (Å²) < 4.78 is 7.41. The number of benzene rings is 1. The first-order valence-electron chi connectivity index (χ1n) is 6.52. The van der Waals surface area contributed by atoms with Crippen LogP contribution in [0.15, 0.2) is 36.9 Å². The molecule has 1 aliphatic heterocycles. The van der Waals surface area contributed by atoms with Crippen molar-refractivity contribution in [2.24, 2.45) is 0 Å². The Hall–Kier alpha value is -2.50. The van der Waals surface area contributed by atoms with Crippen molar-refractivity contribution in [3.8, 4) is 5.75 Å². The Morgan fingerprint density at radius 3 is 3.05 bits per heavy atom. The van der Waals surface area contributed by atoms with Crippen LogP contribution in [-0.2, 0) is 11.3 Å². The average Bonchev–Trinajstić information content (AvgIpc) is 2.94. The van der Waals surface area contributed by atoms with E-state index in [1.807, 2.05) is 16.8 Å². The first-order chi connectivity index (χ1) is 9.74. The number of amides is 1. The zero-order chi connectivity index (χ0) is 13.9. The van der Waals surface area contributed by atoms with Crippen LogP contribution in [0, 0.1) is 0 Å². The molecule has 0 bridgehead atoms. The fraction of sp³-hybridized carbons (Fsp3) is 0.286. The summed E-state index contributed by atoms with van der Waals surface area (Å²) in [5.74, 6) is 0.653. The van der Waals surface area contributed by atoms with Crippen molar-refractivity contribution < 1.29 is 9.53 Å². The minimum absolute atomic E-state index is 0.0205. The molecule has 2 N–H and O–H groups in total. The second-order valence-corrected chi connectivity index (χ2v) is 4.72. The maximum absolute atomic E-state index is 12.0. The number of carbonyl (C=O) groups excluding carboxylic acids is 1. The highest BCUT2D eigenvalue weighted by molar-refractivity contribution is 5.98. The molecule has 1 aliphatic rings. The average molecular weight is 272 g/mol. The van der Waals surface area contributed by atoms with Crippen molar-refractivity contribution in [3.05, 3.63) is 36.9 Å². The number of aryl methyl sites for hydroxylation is 1. The van der Waals surface area contributed by atoms with E-state index in [-0.39, 0.29) is 12.5 Å². The van der Waals surface area contributed by atoms with Crippen molar-refractivity contribution in [3.63, 3.8) is 0 Å². The molecule has 6 nitrogen and oxygen atoms in total. The number of fused-ring (bicyclic) bond motifs is 1. The normalized spacial score (nSPS) is 14.0. The van der Waals surface area contributed by atoms with Gasteiger partial charge >= 0.3 is 0 Å². The first-order valence-corrected chi connectivity index (χ1v) is 6.52. The molecule has 0 saturated carbocycles. The molecule has 0 unspecified atom stereocenters. The van der Waals surface area contributed by atoms with E-state index in [2.05, 4.69) is 4.98 Å². The summed E-state index contributed by atoms with van der Waals surface area (Å²) in [7, 11) is 0. The third-order valence-electron chi connectivity index (χ3n) is 3.28. The molecule has 0 fully saturated rings. The number of anilines is 2. The van der Waals surface area contributed by atoms with Crippen LogP contribution in [-0.4, -0.2) is 28.6 Å². The number of ether oxygens (including phenoxy) is 1. The summed E-state index contributed by atoms with van der Waals surface area (Å²) in [6, 6.07) is 5.37. The third-order valence-corrected chi connectivity index (χ3v) is 3.28. The predicted molar refractivity (Wildman–Crippen MR) is 75.5 cm³/mol. The Bertz CT molecular complexity index is 610. The maximum atomic E-state index is 12.0. The van der Waals surface area contributed by atoms with Crippen LogP contribution in [0.5, 0.6) is 5.75 Å². The van der Waals surface area contributed by atoms with Gasteiger partial charge in [-0.25, -0.2) is 4.98 Å². The van der Waals surface area contributed by atoms with Gasteiger partial charge < -0.3 is 19.9 Å². The molecule has 20 heavy (non-hydrogen) atoms. The number of aromatic nitrogens is 2. The van der Waals surface area contributed by atoms with Gasteiger partial charge in [0.1, 0.15) is 5.75 Å². The minimum atomic E-state index is -0.0205. The lowest BCUT2D eigenvalue weighted by Crippen LogP contribution is -2.39. The Morgan fingerprint density at radius 1 is 1.35 bits per heavy atom. The molecular formula is C14H16N4O2. The van der Waals surface area contributed by atoms with Gasteiger partial charge in [-0.15, -0.1) is 0 Å². The Morgan fingerprint density at radius 2 is 2.25 bits per heavy atom. The van der Waals surface area contributed by atoms with E-state index in [9.17, 15) is 4.79 Å². The van der Waals surface area contributed by atoms with E-state index >= 15 is 0 Å². The zero-order valence-electron chi connectivity index (χ0n) is 11.0. The first kappa shape index (κ1) is 12.5. The summed E-state index contributed by atoms with van der Waals surface area (Å²) in [5.41, 5.74) is 7.16. The molecule has 104 valence electrons. The van der Waals surface area contributed by atoms with Crippen LogP contribution < -0.4 is 15.4 Å². The predicted octanol–water partition coefficient (Wildman–Crippen LogP) is 1.28. The van der Waals surface area contributed by atoms with Crippen molar-refractivity contribution in [1.29, 1.82) is 0 Å². The van der Waals surface area contributed by atoms with Gasteiger partial charge in [-0.3, -0.25) is 4.79 Å². The summed E-state index contributed by atoms with van der Waals surface area (Å²) in [6.07, 6.45) is 6.29. The zero-order valence-corrected chi connectivity index (χ0v) is 11.0. The summed E-state index contributed by atoms with van der Waals surface area (Å²) in [6.45, 7) is 1.55. The number of nitrogen functional groups attached to an aromatic ring is 1. The monoisotopic (exact) mass is 272 g/mol. The Kier molecular flexibility index (Phi) is 3.28. The Labute approximate surface area is 116 Å². The lowest BCUT2D eigenvalue weighted by atomic mass is 10.2. The van der Waals surface area contributed by atoms with Crippen LogP contribution >= 0.6 is 0 Å². The van der Waals surface area contributed by atoms with E-state index in [4.69, 9.17) is 10.5 Å². The van der Waals surface area contributed by atoms with E-state index in [1.165, 1.54) is 0 Å². The van der Waals surface area contributed by atoms with Gasteiger partial charge in [0.15, 0.2) is 6.61 Å². The largest absolute Gasteiger partial charge is 0.481 e. The van der Waals surface area contributed by atoms with Crippen LogP contribution in [0.4, 0.5) is 11.4 Å². The smallest absolute Gasteiger partial charge is 0.265 e. The number of nitrogens with two attached hydrogens (primary N) is 1. The molecule has 1 aromatic heterocycles. The lowest BCUT2D eigenvalue weighted by Gasteiger charge is -2.29. The van der Waals surface area contributed by atoms with Crippen LogP contribution in [0.1, 0.15) is 6.42 Å². The van der Waals surface area contributed by atoms with E-state index in [1.54, 1.807) is 29.6 Å². The molecule has 0 aliphatic carbocycles. The topological polar surface area (TPSA) is 73.4 Å². The van der Waals surface area contributed by atoms with Gasteiger partial charge in [-0.05, 0) is 18.6 Å². The van der Waals surface area contributed by atoms with Crippen molar-refractivity contribution in [2.75, 3.05) is 23.8 Å². The summed E-state index contributed by atoms with van der Waals surface area (Å²) in [4.78, 5) is 17.7. The third kappa shape index (κ3) is 2.45. The van der Waals surface area contributed by atoms with Gasteiger partial charge in [0.2, 0.25) is 0 Å². The lowest BCUT2D eigenvalue weighted by molar-refractivity contribution is -0.121. The van der Waals surface area contributed by atoms with Crippen LogP contribution in [0.25, 0.3) is 0 Å². The van der Waals surface area contributed by atoms with Gasteiger partial charge in [0.25, 0.3) is 5.91 Å². The Balaban J connectivity index is 1.71. The molecule has 0 saturated heterocycles. The number of rotatable bonds is 4.